The second-order valence-electron chi connectivity index (χ2n) is 7.44. The van der Waals surface area contributed by atoms with Crippen LogP contribution in [0.5, 0.6) is 0 Å². The van der Waals surface area contributed by atoms with Crippen LogP contribution in [0, 0.1) is 0 Å². The van der Waals surface area contributed by atoms with Gasteiger partial charge in [0.2, 0.25) is 0 Å². The van der Waals surface area contributed by atoms with Gasteiger partial charge in [0.25, 0.3) is 5.91 Å². The van der Waals surface area contributed by atoms with Crippen molar-refractivity contribution >= 4 is 11.7 Å². The number of carbonyl (C=O) groups is 1. The van der Waals surface area contributed by atoms with Crippen LogP contribution < -0.4 is 10.2 Å². The van der Waals surface area contributed by atoms with Crippen LogP contribution in [0.15, 0.2) is 48.7 Å². The Balaban J connectivity index is 1.33. The van der Waals surface area contributed by atoms with E-state index in [1.165, 1.54) is 0 Å². The van der Waals surface area contributed by atoms with Crippen LogP contribution in [0.25, 0.3) is 0 Å². The summed E-state index contributed by atoms with van der Waals surface area (Å²) in [6.07, 6.45) is 4.00. The van der Waals surface area contributed by atoms with Crippen LogP contribution in [-0.2, 0) is 11.3 Å². The fourth-order valence-corrected chi connectivity index (χ4v) is 4.02. The van der Waals surface area contributed by atoms with Crippen molar-refractivity contribution in [2.75, 3.05) is 44.3 Å². The van der Waals surface area contributed by atoms with Crippen LogP contribution in [0.3, 0.4) is 0 Å². The van der Waals surface area contributed by atoms with Crippen LogP contribution >= 0.6 is 0 Å². The third kappa shape index (κ3) is 4.69. The van der Waals surface area contributed by atoms with Crippen LogP contribution in [0.1, 0.15) is 28.8 Å². The number of piperidine rings is 1. The lowest BCUT2D eigenvalue weighted by Crippen LogP contribution is -2.49. The molecular formula is C22H28N4O2. The highest BCUT2D eigenvalue weighted by molar-refractivity contribution is 5.94. The summed E-state index contributed by atoms with van der Waals surface area (Å²) in [7, 11) is 0. The zero-order valence-corrected chi connectivity index (χ0v) is 16.2. The number of morpholine rings is 1. The molecule has 2 saturated heterocycles. The molecule has 6 nitrogen and oxygen atoms in total. The van der Waals surface area contributed by atoms with Gasteiger partial charge in [0, 0.05) is 50.5 Å². The topological polar surface area (TPSA) is 57.7 Å². The van der Waals surface area contributed by atoms with Gasteiger partial charge in [-0.15, -0.1) is 0 Å². The number of rotatable bonds is 5. The van der Waals surface area contributed by atoms with Gasteiger partial charge in [-0.25, -0.2) is 4.98 Å². The lowest BCUT2D eigenvalue weighted by Gasteiger charge is -2.40. The second-order valence-corrected chi connectivity index (χ2v) is 7.44. The lowest BCUT2D eigenvalue weighted by molar-refractivity contribution is 0.0115. The number of pyridine rings is 1. The average molecular weight is 380 g/mol. The lowest BCUT2D eigenvalue weighted by atomic mass is 10.0. The van der Waals surface area contributed by atoms with Crippen LogP contribution in [-0.4, -0.2) is 61.2 Å². The van der Waals surface area contributed by atoms with E-state index in [1.807, 2.05) is 36.4 Å². The quantitative estimate of drug-likeness (QED) is 0.863. The van der Waals surface area contributed by atoms with Gasteiger partial charge >= 0.3 is 0 Å². The third-order valence-corrected chi connectivity index (χ3v) is 5.65. The van der Waals surface area contributed by atoms with E-state index in [-0.39, 0.29) is 5.91 Å². The minimum atomic E-state index is -0.0595. The van der Waals surface area contributed by atoms with Gasteiger partial charge in [-0.1, -0.05) is 30.3 Å². The van der Waals surface area contributed by atoms with Gasteiger partial charge in [-0.3, -0.25) is 9.69 Å². The molecule has 2 aliphatic rings. The molecule has 2 aliphatic heterocycles. The number of hydrogen-bond acceptors (Lipinski definition) is 5. The molecule has 2 fully saturated rings. The number of aromatic nitrogens is 1. The van der Waals surface area contributed by atoms with Gasteiger partial charge in [0.05, 0.1) is 13.2 Å². The Morgan fingerprint density at radius 2 is 1.82 bits per heavy atom. The Labute approximate surface area is 166 Å². The van der Waals surface area contributed by atoms with Crippen molar-refractivity contribution in [1.29, 1.82) is 0 Å². The molecule has 0 bridgehead atoms. The molecule has 0 atom stereocenters. The zero-order valence-electron chi connectivity index (χ0n) is 16.2. The SMILES string of the molecule is O=C(NCc1ccccc1)c1ccnc(N2CCC(N3CCOCC3)CC2)c1. The standard InChI is InChI=1S/C22H28N4O2/c27-22(24-17-18-4-2-1-3-5-18)19-6-9-23-21(16-19)26-10-7-20(8-11-26)25-12-14-28-15-13-25/h1-6,9,16,20H,7-8,10-15,17H2,(H,24,27). The Morgan fingerprint density at radius 3 is 2.57 bits per heavy atom. The molecule has 3 heterocycles. The van der Waals surface area contributed by atoms with Gasteiger partial charge < -0.3 is 15.0 Å². The summed E-state index contributed by atoms with van der Waals surface area (Å²) in [5.41, 5.74) is 1.76. The van der Waals surface area contributed by atoms with Crippen molar-refractivity contribution in [3.05, 3.63) is 59.8 Å². The molecule has 6 heteroatoms. The zero-order chi connectivity index (χ0) is 19.2. The Morgan fingerprint density at radius 1 is 1.07 bits per heavy atom. The van der Waals surface area contributed by atoms with E-state index >= 15 is 0 Å². The Hall–Kier alpha value is -2.44. The van der Waals surface area contributed by atoms with Gasteiger partial charge in [-0.2, -0.15) is 0 Å². The number of nitrogens with one attached hydrogen (secondary N) is 1. The number of hydrogen-bond donors (Lipinski definition) is 1. The molecule has 2 aromatic rings. The number of nitrogens with zero attached hydrogens (tertiary/aromatic N) is 3. The largest absolute Gasteiger partial charge is 0.379 e. The van der Waals surface area contributed by atoms with Crippen LogP contribution in [0.2, 0.25) is 0 Å². The normalized spacial score (nSPS) is 18.8. The first-order chi connectivity index (χ1) is 13.8. The maximum atomic E-state index is 12.5. The predicted molar refractivity (Wildman–Crippen MR) is 109 cm³/mol. The molecule has 0 saturated carbocycles. The average Bonchev–Trinajstić information content (AvgIpc) is 2.79. The fraction of sp³-hybridized carbons (Fsp3) is 0.455. The van der Waals surface area contributed by atoms with Gasteiger partial charge in [0.1, 0.15) is 5.82 Å². The van der Waals surface area contributed by atoms with Crippen LogP contribution in [0.4, 0.5) is 5.82 Å². The molecule has 0 unspecified atom stereocenters. The first-order valence-electron chi connectivity index (χ1n) is 10.1. The van der Waals surface area contributed by atoms with Crippen molar-refractivity contribution in [2.24, 2.45) is 0 Å². The monoisotopic (exact) mass is 380 g/mol. The predicted octanol–water partition coefficient (Wildman–Crippen LogP) is 2.31. The summed E-state index contributed by atoms with van der Waals surface area (Å²) < 4.78 is 5.46. The number of anilines is 1. The molecular weight excluding hydrogens is 352 g/mol. The summed E-state index contributed by atoms with van der Waals surface area (Å²) in [5, 5.41) is 2.99. The molecule has 28 heavy (non-hydrogen) atoms. The van der Waals surface area contributed by atoms with Crippen molar-refractivity contribution < 1.29 is 9.53 Å². The molecule has 0 spiro atoms. The number of carbonyl (C=O) groups excluding carboxylic acids is 1. The maximum Gasteiger partial charge on any atom is 0.251 e. The maximum absolute atomic E-state index is 12.5. The van der Waals surface area contributed by atoms with E-state index in [0.29, 0.717) is 18.2 Å². The van der Waals surface area contributed by atoms with E-state index in [4.69, 9.17) is 4.74 Å². The van der Waals surface area contributed by atoms with Gasteiger partial charge in [-0.05, 0) is 30.5 Å². The fourth-order valence-electron chi connectivity index (χ4n) is 4.02. The highest BCUT2D eigenvalue weighted by Gasteiger charge is 2.26. The molecule has 0 radical (unpaired) electrons. The van der Waals surface area contributed by atoms with Gasteiger partial charge in [0.15, 0.2) is 0 Å². The summed E-state index contributed by atoms with van der Waals surface area (Å²) in [5.74, 6) is 0.837. The van der Waals surface area contributed by atoms with Crippen molar-refractivity contribution in [2.45, 2.75) is 25.4 Å². The number of ether oxygens (including phenoxy) is 1. The van der Waals surface area contributed by atoms with Crippen molar-refractivity contribution in [3.63, 3.8) is 0 Å². The Kier molecular flexibility index (Phi) is 6.19. The van der Waals surface area contributed by atoms with Crippen molar-refractivity contribution in [3.8, 4) is 0 Å². The van der Waals surface area contributed by atoms with E-state index in [1.54, 1.807) is 12.3 Å². The molecule has 4 rings (SSSR count). The smallest absolute Gasteiger partial charge is 0.251 e. The molecule has 1 amide bonds. The number of benzene rings is 1. The molecule has 1 aromatic carbocycles. The summed E-state index contributed by atoms with van der Waals surface area (Å²) >= 11 is 0. The first kappa shape index (κ1) is 18.9. The van der Waals surface area contributed by atoms with Crippen molar-refractivity contribution in [1.82, 2.24) is 15.2 Å². The third-order valence-electron chi connectivity index (χ3n) is 5.65. The highest BCUT2D eigenvalue weighted by atomic mass is 16.5. The molecule has 1 aromatic heterocycles. The minimum Gasteiger partial charge on any atom is -0.379 e. The van der Waals surface area contributed by atoms with E-state index in [9.17, 15) is 4.79 Å². The Bertz CT molecular complexity index is 769. The summed E-state index contributed by atoms with van der Waals surface area (Å²) in [6.45, 7) is 6.26. The molecule has 148 valence electrons. The second kappa shape index (κ2) is 9.17. The van der Waals surface area contributed by atoms with E-state index in [2.05, 4.69) is 20.1 Å². The molecule has 1 N–H and O–H groups in total. The first-order valence-corrected chi connectivity index (χ1v) is 10.1. The molecule has 0 aliphatic carbocycles. The van der Waals surface area contributed by atoms with E-state index < -0.39 is 0 Å². The summed E-state index contributed by atoms with van der Waals surface area (Å²) in [6, 6.07) is 14.3. The minimum absolute atomic E-state index is 0.0595. The van der Waals surface area contributed by atoms with E-state index in [0.717, 1.165) is 63.6 Å². The summed E-state index contributed by atoms with van der Waals surface area (Å²) in [4.78, 5) is 21.9. The number of amides is 1. The highest BCUT2D eigenvalue weighted by Crippen LogP contribution is 2.22.